The van der Waals surface area contributed by atoms with Crippen molar-refractivity contribution >= 4 is 11.6 Å². The largest absolute Gasteiger partial charge is 0.491 e. The second-order valence-corrected chi connectivity index (χ2v) is 6.57. The lowest BCUT2D eigenvalue weighted by atomic mass is 10.1. The SMILES string of the molecule is CCCCN(C)C(=O)CCc1ccc(OCCC(C)C)c(N)c1. The maximum Gasteiger partial charge on any atom is 0.222 e. The summed E-state index contributed by atoms with van der Waals surface area (Å²) in [6, 6.07) is 5.83. The number of amides is 1. The molecule has 1 rings (SSSR count). The molecule has 130 valence electrons. The van der Waals surface area contributed by atoms with E-state index in [0.717, 1.165) is 37.1 Å². The van der Waals surface area contributed by atoms with Crippen LogP contribution in [0.3, 0.4) is 0 Å². The smallest absolute Gasteiger partial charge is 0.222 e. The zero-order valence-corrected chi connectivity index (χ0v) is 15.1. The van der Waals surface area contributed by atoms with Gasteiger partial charge in [-0.1, -0.05) is 33.3 Å². The van der Waals surface area contributed by atoms with E-state index in [-0.39, 0.29) is 5.91 Å². The van der Waals surface area contributed by atoms with Gasteiger partial charge in [0.2, 0.25) is 5.91 Å². The fraction of sp³-hybridized carbons (Fsp3) is 0.632. The number of aryl methyl sites for hydroxylation is 1. The summed E-state index contributed by atoms with van der Waals surface area (Å²) in [5.74, 6) is 1.54. The Hall–Kier alpha value is -1.71. The van der Waals surface area contributed by atoms with Crippen LogP contribution in [0.25, 0.3) is 0 Å². The molecule has 0 spiro atoms. The van der Waals surface area contributed by atoms with Gasteiger partial charge in [0.05, 0.1) is 12.3 Å². The lowest BCUT2D eigenvalue weighted by molar-refractivity contribution is -0.129. The van der Waals surface area contributed by atoms with E-state index in [4.69, 9.17) is 10.5 Å². The highest BCUT2D eigenvalue weighted by Gasteiger charge is 2.09. The van der Waals surface area contributed by atoms with Crippen molar-refractivity contribution in [3.8, 4) is 5.75 Å². The maximum atomic E-state index is 12.0. The molecule has 0 aliphatic carbocycles. The van der Waals surface area contributed by atoms with Crippen LogP contribution in [-0.2, 0) is 11.2 Å². The second kappa shape index (κ2) is 10.1. The molecule has 0 fully saturated rings. The first-order chi connectivity index (χ1) is 10.9. The van der Waals surface area contributed by atoms with Crippen LogP contribution < -0.4 is 10.5 Å². The third-order valence-electron chi connectivity index (χ3n) is 3.93. The minimum absolute atomic E-state index is 0.189. The summed E-state index contributed by atoms with van der Waals surface area (Å²) in [6.07, 6.45) is 4.41. The number of nitrogens with zero attached hydrogens (tertiary/aromatic N) is 1. The number of rotatable bonds is 10. The monoisotopic (exact) mass is 320 g/mol. The van der Waals surface area contributed by atoms with Crippen molar-refractivity contribution in [3.05, 3.63) is 23.8 Å². The van der Waals surface area contributed by atoms with Crippen molar-refractivity contribution in [2.75, 3.05) is 25.9 Å². The van der Waals surface area contributed by atoms with Gasteiger partial charge in [-0.05, 0) is 42.9 Å². The van der Waals surface area contributed by atoms with E-state index in [1.54, 1.807) is 0 Å². The molecule has 0 unspecified atom stereocenters. The summed E-state index contributed by atoms with van der Waals surface area (Å²) in [7, 11) is 1.87. The predicted molar refractivity (Wildman–Crippen MR) is 96.7 cm³/mol. The highest BCUT2D eigenvalue weighted by atomic mass is 16.5. The normalized spacial score (nSPS) is 10.8. The molecule has 23 heavy (non-hydrogen) atoms. The van der Waals surface area contributed by atoms with E-state index in [9.17, 15) is 4.79 Å². The van der Waals surface area contributed by atoms with Crippen LogP contribution in [0.15, 0.2) is 18.2 Å². The molecular formula is C19H32N2O2. The standard InChI is InChI=1S/C19H32N2O2/c1-5-6-12-21(4)19(22)10-8-16-7-9-18(17(20)14-16)23-13-11-15(2)3/h7,9,14-15H,5-6,8,10-13,20H2,1-4H3. The molecule has 0 radical (unpaired) electrons. The molecular weight excluding hydrogens is 288 g/mol. The zero-order valence-electron chi connectivity index (χ0n) is 15.1. The van der Waals surface area contributed by atoms with Gasteiger partial charge in [0, 0.05) is 20.0 Å². The molecule has 2 N–H and O–H groups in total. The van der Waals surface area contributed by atoms with E-state index in [0.29, 0.717) is 31.1 Å². The van der Waals surface area contributed by atoms with Crippen molar-refractivity contribution in [1.29, 1.82) is 0 Å². The fourth-order valence-electron chi connectivity index (χ4n) is 2.25. The summed E-state index contributed by atoms with van der Waals surface area (Å²) in [5.41, 5.74) is 7.78. The Morgan fingerprint density at radius 3 is 2.70 bits per heavy atom. The first-order valence-electron chi connectivity index (χ1n) is 8.69. The molecule has 4 nitrogen and oxygen atoms in total. The molecule has 0 saturated carbocycles. The zero-order chi connectivity index (χ0) is 17.2. The second-order valence-electron chi connectivity index (χ2n) is 6.57. The quantitative estimate of drug-likeness (QED) is 0.666. The first-order valence-corrected chi connectivity index (χ1v) is 8.69. The minimum atomic E-state index is 0.189. The number of unbranched alkanes of at least 4 members (excludes halogenated alkanes) is 1. The lowest BCUT2D eigenvalue weighted by Gasteiger charge is -2.17. The Kier molecular flexibility index (Phi) is 8.52. The van der Waals surface area contributed by atoms with E-state index < -0.39 is 0 Å². The van der Waals surface area contributed by atoms with Crippen LogP contribution in [-0.4, -0.2) is 31.0 Å². The topological polar surface area (TPSA) is 55.6 Å². The molecule has 4 heteroatoms. The molecule has 1 aromatic carbocycles. The van der Waals surface area contributed by atoms with E-state index in [1.165, 1.54) is 0 Å². The van der Waals surface area contributed by atoms with Crippen LogP contribution in [0.1, 0.15) is 52.0 Å². The number of anilines is 1. The Balaban J connectivity index is 2.46. The van der Waals surface area contributed by atoms with Gasteiger partial charge in [0.15, 0.2) is 0 Å². The van der Waals surface area contributed by atoms with Crippen LogP contribution in [0.2, 0.25) is 0 Å². The maximum absolute atomic E-state index is 12.0. The molecule has 0 bridgehead atoms. The van der Waals surface area contributed by atoms with E-state index >= 15 is 0 Å². The number of benzene rings is 1. The van der Waals surface area contributed by atoms with Gasteiger partial charge in [0.1, 0.15) is 5.75 Å². The average Bonchev–Trinajstić information content (AvgIpc) is 2.51. The van der Waals surface area contributed by atoms with Gasteiger partial charge in [0.25, 0.3) is 0 Å². The van der Waals surface area contributed by atoms with Crippen molar-refractivity contribution in [3.63, 3.8) is 0 Å². The average molecular weight is 320 g/mol. The van der Waals surface area contributed by atoms with Crippen molar-refractivity contribution in [2.24, 2.45) is 5.92 Å². The fourth-order valence-corrected chi connectivity index (χ4v) is 2.25. The molecule has 0 aromatic heterocycles. The van der Waals surface area contributed by atoms with Gasteiger partial charge in [-0.2, -0.15) is 0 Å². The van der Waals surface area contributed by atoms with Gasteiger partial charge < -0.3 is 15.4 Å². The highest BCUT2D eigenvalue weighted by Crippen LogP contribution is 2.23. The van der Waals surface area contributed by atoms with Crippen LogP contribution in [0.4, 0.5) is 5.69 Å². The van der Waals surface area contributed by atoms with Gasteiger partial charge in [-0.15, -0.1) is 0 Å². The van der Waals surface area contributed by atoms with Gasteiger partial charge >= 0.3 is 0 Å². The number of nitrogen functional groups attached to an aromatic ring is 1. The minimum Gasteiger partial charge on any atom is -0.491 e. The highest BCUT2D eigenvalue weighted by molar-refractivity contribution is 5.76. The summed E-state index contributed by atoms with van der Waals surface area (Å²) >= 11 is 0. The number of hydrogen-bond donors (Lipinski definition) is 1. The van der Waals surface area contributed by atoms with Gasteiger partial charge in [-0.25, -0.2) is 0 Å². The Bertz CT molecular complexity index is 486. The molecule has 0 aliphatic rings. The number of nitrogens with two attached hydrogens (primary N) is 1. The molecule has 1 amide bonds. The van der Waals surface area contributed by atoms with Crippen LogP contribution >= 0.6 is 0 Å². The number of carbonyl (C=O) groups is 1. The number of ether oxygens (including phenoxy) is 1. The Morgan fingerprint density at radius 1 is 1.35 bits per heavy atom. The Morgan fingerprint density at radius 2 is 2.09 bits per heavy atom. The number of carbonyl (C=O) groups excluding carboxylic acids is 1. The summed E-state index contributed by atoms with van der Waals surface area (Å²) in [6.45, 7) is 7.99. The van der Waals surface area contributed by atoms with Crippen LogP contribution in [0.5, 0.6) is 5.75 Å². The number of hydrogen-bond acceptors (Lipinski definition) is 3. The molecule has 0 heterocycles. The third kappa shape index (κ3) is 7.40. The molecule has 0 atom stereocenters. The van der Waals surface area contributed by atoms with Gasteiger partial charge in [-0.3, -0.25) is 4.79 Å². The van der Waals surface area contributed by atoms with E-state index in [1.807, 2.05) is 30.1 Å². The van der Waals surface area contributed by atoms with Crippen molar-refractivity contribution < 1.29 is 9.53 Å². The molecule has 0 aliphatic heterocycles. The molecule has 0 saturated heterocycles. The third-order valence-corrected chi connectivity index (χ3v) is 3.93. The first kappa shape index (κ1) is 19.3. The van der Waals surface area contributed by atoms with Crippen molar-refractivity contribution in [2.45, 2.75) is 52.9 Å². The molecule has 1 aromatic rings. The van der Waals surface area contributed by atoms with E-state index in [2.05, 4.69) is 20.8 Å². The summed E-state index contributed by atoms with van der Waals surface area (Å²) in [5, 5.41) is 0. The lowest BCUT2D eigenvalue weighted by Crippen LogP contribution is -2.27. The summed E-state index contributed by atoms with van der Waals surface area (Å²) in [4.78, 5) is 13.9. The van der Waals surface area contributed by atoms with Crippen LogP contribution in [0, 0.1) is 5.92 Å². The van der Waals surface area contributed by atoms with Crippen molar-refractivity contribution in [1.82, 2.24) is 4.90 Å². The predicted octanol–water partition coefficient (Wildman–Crippen LogP) is 3.88. The Labute approximate surface area is 141 Å². The summed E-state index contributed by atoms with van der Waals surface area (Å²) < 4.78 is 5.71.